The van der Waals surface area contributed by atoms with Gasteiger partial charge in [-0.15, -0.1) is 0 Å². The Morgan fingerprint density at radius 1 is 1.15 bits per heavy atom. The SMILES string of the molecule is CC1CCCN(C(=O)c2nc(C(=O)NC3CCCC3)c3ccccn23)C1. The number of hydrogen-bond acceptors (Lipinski definition) is 3. The van der Waals surface area contributed by atoms with Crippen molar-refractivity contribution in [2.24, 2.45) is 5.92 Å². The van der Waals surface area contributed by atoms with Crippen molar-refractivity contribution >= 4 is 17.3 Å². The number of likely N-dealkylation sites (tertiary alicyclic amines) is 1. The number of pyridine rings is 1. The van der Waals surface area contributed by atoms with Gasteiger partial charge in [0.2, 0.25) is 5.82 Å². The van der Waals surface area contributed by atoms with Crippen LogP contribution in [0, 0.1) is 5.92 Å². The van der Waals surface area contributed by atoms with E-state index in [-0.39, 0.29) is 17.9 Å². The highest BCUT2D eigenvalue weighted by Gasteiger charge is 2.28. The summed E-state index contributed by atoms with van der Waals surface area (Å²) in [6.45, 7) is 3.68. The van der Waals surface area contributed by atoms with Gasteiger partial charge in [0.15, 0.2) is 5.69 Å². The van der Waals surface area contributed by atoms with E-state index in [1.54, 1.807) is 4.40 Å². The zero-order valence-electron chi connectivity index (χ0n) is 15.3. The number of amides is 2. The molecule has 1 saturated heterocycles. The Bertz CT molecular complexity index is 822. The predicted molar refractivity (Wildman–Crippen MR) is 99.2 cm³/mol. The molecule has 2 amide bonds. The van der Waals surface area contributed by atoms with E-state index in [0.717, 1.165) is 51.6 Å². The lowest BCUT2D eigenvalue weighted by molar-refractivity contribution is 0.0670. The second-order valence-corrected chi connectivity index (χ2v) is 7.69. The van der Waals surface area contributed by atoms with Crippen LogP contribution in [0.4, 0.5) is 0 Å². The highest BCUT2D eigenvalue weighted by Crippen LogP contribution is 2.21. The highest BCUT2D eigenvalue weighted by molar-refractivity contribution is 6.02. The molecule has 6 nitrogen and oxygen atoms in total. The molecule has 1 aliphatic carbocycles. The quantitative estimate of drug-likeness (QED) is 0.922. The first-order chi connectivity index (χ1) is 12.6. The number of rotatable bonds is 3. The molecular formula is C20H26N4O2. The van der Waals surface area contributed by atoms with Gasteiger partial charge >= 0.3 is 0 Å². The van der Waals surface area contributed by atoms with Gasteiger partial charge < -0.3 is 10.2 Å². The largest absolute Gasteiger partial charge is 0.348 e. The molecule has 1 aliphatic heterocycles. The van der Waals surface area contributed by atoms with E-state index in [0.29, 0.717) is 23.0 Å². The van der Waals surface area contributed by atoms with Crippen molar-refractivity contribution in [1.29, 1.82) is 0 Å². The van der Waals surface area contributed by atoms with Crippen LogP contribution in [0.3, 0.4) is 0 Å². The minimum Gasteiger partial charge on any atom is -0.348 e. The van der Waals surface area contributed by atoms with Crippen LogP contribution in [0.15, 0.2) is 24.4 Å². The van der Waals surface area contributed by atoms with Crippen molar-refractivity contribution < 1.29 is 9.59 Å². The third-order valence-corrected chi connectivity index (χ3v) is 5.59. The smallest absolute Gasteiger partial charge is 0.290 e. The number of carbonyl (C=O) groups is 2. The molecule has 2 fully saturated rings. The molecule has 2 aromatic heterocycles. The van der Waals surface area contributed by atoms with Gasteiger partial charge in [-0.1, -0.05) is 25.8 Å². The van der Waals surface area contributed by atoms with Crippen molar-refractivity contribution in [3.8, 4) is 0 Å². The van der Waals surface area contributed by atoms with Crippen LogP contribution in [0.5, 0.6) is 0 Å². The normalized spacial score (nSPS) is 21.3. The number of nitrogens with zero attached hydrogens (tertiary/aromatic N) is 3. The molecule has 1 unspecified atom stereocenters. The molecule has 4 rings (SSSR count). The van der Waals surface area contributed by atoms with Gasteiger partial charge in [-0.25, -0.2) is 4.98 Å². The summed E-state index contributed by atoms with van der Waals surface area (Å²) in [6.07, 6.45) is 8.35. The molecule has 0 bridgehead atoms. The lowest BCUT2D eigenvalue weighted by Gasteiger charge is -2.30. The van der Waals surface area contributed by atoms with Crippen molar-refractivity contribution in [3.05, 3.63) is 35.9 Å². The topological polar surface area (TPSA) is 66.7 Å². The Morgan fingerprint density at radius 2 is 1.96 bits per heavy atom. The first-order valence-electron chi connectivity index (χ1n) is 9.70. The number of carbonyl (C=O) groups excluding carboxylic acids is 2. The van der Waals surface area contributed by atoms with Gasteiger partial charge in [0.05, 0.1) is 5.52 Å². The monoisotopic (exact) mass is 354 g/mol. The molecule has 2 aromatic rings. The van der Waals surface area contributed by atoms with E-state index >= 15 is 0 Å². The summed E-state index contributed by atoms with van der Waals surface area (Å²) < 4.78 is 1.76. The average Bonchev–Trinajstić information content (AvgIpc) is 3.28. The van der Waals surface area contributed by atoms with Gasteiger partial charge in [0, 0.05) is 25.3 Å². The molecule has 6 heteroatoms. The van der Waals surface area contributed by atoms with Crippen LogP contribution >= 0.6 is 0 Å². The number of aromatic nitrogens is 2. The molecule has 138 valence electrons. The molecular weight excluding hydrogens is 328 g/mol. The average molecular weight is 354 g/mol. The Hall–Kier alpha value is -2.37. The maximum atomic E-state index is 13.1. The maximum Gasteiger partial charge on any atom is 0.290 e. The number of piperidine rings is 1. The summed E-state index contributed by atoms with van der Waals surface area (Å²) in [5.74, 6) is 0.583. The summed E-state index contributed by atoms with van der Waals surface area (Å²) in [5, 5.41) is 3.09. The molecule has 2 aliphatic rings. The van der Waals surface area contributed by atoms with Gasteiger partial charge in [0.1, 0.15) is 0 Å². The predicted octanol–water partition coefficient (Wildman–Crippen LogP) is 2.88. The van der Waals surface area contributed by atoms with Gasteiger partial charge in [-0.3, -0.25) is 14.0 Å². The van der Waals surface area contributed by atoms with E-state index in [1.807, 2.05) is 29.3 Å². The molecule has 0 aromatic carbocycles. The Balaban J connectivity index is 1.65. The summed E-state index contributed by atoms with van der Waals surface area (Å²) in [6, 6.07) is 5.82. The van der Waals surface area contributed by atoms with Crippen LogP contribution in [-0.4, -0.2) is 45.2 Å². The zero-order valence-corrected chi connectivity index (χ0v) is 15.3. The van der Waals surface area contributed by atoms with E-state index < -0.39 is 0 Å². The minimum absolute atomic E-state index is 0.0855. The fourth-order valence-corrected chi connectivity index (χ4v) is 4.19. The first kappa shape index (κ1) is 17.1. The van der Waals surface area contributed by atoms with E-state index in [2.05, 4.69) is 17.2 Å². The van der Waals surface area contributed by atoms with Crippen molar-refractivity contribution in [1.82, 2.24) is 19.6 Å². The van der Waals surface area contributed by atoms with E-state index in [4.69, 9.17) is 0 Å². The highest BCUT2D eigenvalue weighted by atomic mass is 16.2. The fourth-order valence-electron chi connectivity index (χ4n) is 4.19. The Kier molecular flexibility index (Phi) is 4.66. The third-order valence-electron chi connectivity index (χ3n) is 5.59. The molecule has 1 saturated carbocycles. The molecule has 1 N–H and O–H groups in total. The molecule has 26 heavy (non-hydrogen) atoms. The van der Waals surface area contributed by atoms with Crippen molar-refractivity contribution in [3.63, 3.8) is 0 Å². The maximum absolute atomic E-state index is 13.1. The van der Waals surface area contributed by atoms with E-state index in [9.17, 15) is 9.59 Å². The summed E-state index contributed by atoms with van der Waals surface area (Å²) in [5.41, 5.74) is 1.04. The van der Waals surface area contributed by atoms with Crippen molar-refractivity contribution in [2.75, 3.05) is 13.1 Å². The number of imidazole rings is 1. The first-order valence-corrected chi connectivity index (χ1v) is 9.70. The third kappa shape index (κ3) is 3.20. The standard InChI is InChI=1S/C20H26N4O2/c1-14-7-6-11-23(13-14)20(26)18-22-17(16-10-4-5-12-24(16)18)19(25)21-15-8-2-3-9-15/h4-5,10,12,14-15H,2-3,6-9,11,13H2,1H3,(H,21,25). The van der Waals surface area contributed by atoms with E-state index in [1.165, 1.54) is 0 Å². The Morgan fingerprint density at radius 3 is 2.73 bits per heavy atom. The fraction of sp³-hybridized carbons (Fsp3) is 0.550. The lowest BCUT2D eigenvalue weighted by Crippen LogP contribution is -2.40. The zero-order chi connectivity index (χ0) is 18.1. The minimum atomic E-state index is -0.174. The second-order valence-electron chi connectivity index (χ2n) is 7.69. The molecule has 1 atom stereocenters. The van der Waals surface area contributed by atoms with Crippen molar-refractivity contribution in [2.45, 2.75) is 51.5 Å². The summed E-state index contributed by atoms with van der Waals surface area (Å²) in [7, 11) is 0. The number of fused-ring (bicyclic) bond motifs is 1. The van der Waals surface area contributed by atoms with Gasteiger partial charge in [-0.05, 0) is 43.7 Å². The molecule has 0 radical (unpaired) electrons. The molecule has 3 heterocycles. The van der Waals surface area contributed by atoms with Gasteiger partial charge in [0.25, 0.3) is 11.8 Å². The Labute approximate surface area is 153 Å². The van der Waals surface area contributed by atoms with Crippen LogP contribution in [0.2, 0.25) is 0 Å². The lowest BCUT2D eigenvalue weighted by atomic mass is 10.0. The van der Waals surface area contributed by atoms with Crippen LogP contribution in [-0.2, 0) is 0 Å². The summed E-state index contributed by atoms with van der Waals surface area (Å²) in [4.78, 5) is 32.2. The molecule has 0 spiro atoms. The van der Waals surface area contributed by atoms with Gasteiger partial charge in [-0.2, -0.15) is 0 Å². The van der Waals surface area contributed by atoms with Crippen LogP contribution < -0.4 is 5.32 Å². The summed E-state index contributed by atoms with van der Waals surface area (Å²) >= 11 is 0. The number of hydrogen-bond donors (Lipinski definition) is 1. The van der Waals surface area contributed by atoms with Crippen LogP contribution in [0.25, 0.3) is 5.52 Å². The second kappa shape index (κ2) is 7.09. The number of nitrogens with one attached hydrogen (secondary N) is 1. The van der Waals surface area contributed by atoms with Crippen LogP contribution in [0.1, 0.15) is 66.6 Å².